The van der Waals surface area contributed by atoms with E-state index in [1.54, 1.807) is 49.6 Å². The zero-order chi connectivity index (χ0) is 16.4. The van der Waals surface area contributed by atoms with Gasteiger partial charge in [0.2, 0.25) is 0 Å². The molecule has 0 amide bonds. The molecular weight excluding hydrogens is 298 g/mol. The van der Waals surface area contributed by atoms with Crippen molar-refractivity contribution in [3.8, 4) is 11.5 Å². The molecule has 3 rings (SSSR count). The Hall–Kier alpha value is -3.15. The molecule has 6 heteroatoms. The molecule has 0 saturated heterocycles. The highest BCUT2D eigenvalue weighted by atomic mass is 16.6. The van der Waals surface area contributed by atoms with E-state index >= 15 is 0 Å². The summed E-state index contributed by atoms with van der Waals surface area (Å²) in [6, 6.07) is 11.4. The molecule has 2 aromatic carbocycles. The van der Waals surface area contributed by atoms with Gasteiger partial charge in [0, 0.05) is 17.2 Å². The molecule has 1 heterocycles. The third-order valence-electron chi connectivity index (χ3n) is 3.64. The van der Waals surface area contributed by atoms with E-state index in [-0.39, 0.29) is 5.69 Å². The Morgan fingerprint density at radius 1 is 1.26 bits per heavy atom. The zero-order valence-electron chi connectivity index (χ0n) is 12.3. The van der Waals surface area contributed by atoms with E-state index in [0.29, 0.717) is 34.5 Å². The number of ether oxygens (including phenoxy) is 2. The van der Waals surface area contributed by atoms with E-state index in [2.05, 4.69) is 0 Å². The number of hydrogen-bond donors (Lipinski definition) is 0. The van der Waals surface area contributed by atoms with Crippen LogP contribution in [0.5, 0.6) is 11.5 Å². The summed E-state index contributed by atoms with van der Waals surface area (Å²) in [5.74, 6) is 1.18. The number of nitro groups is 1. The molecule has 0 radical (unpaired) electrons. The Bertz CT molecular complexity index is 812. The van der Waals surface area contributed by atoms with E-state index < -0.39 is 11.0 Å². The second kappa shape index (κ2) is 5.92. The Morgan fingerprint density at radius 3 is 2.74 bits per heavy atom. The lowest BCUT2D eigenvalue weighted by molar-refractivity contribution is -0.386. The second-order valence-electron chi connectivity index (χ2n) is 4.98. The van der Waals surface area contributed by atoms with Crippen LogP contribution in [0.4, 0.5) is 5.69 Å². The van der Waals surface area contributed by atoms with Crippen molar-refractivity contribution in [1.29, 1.82) is 0 Å². The smallest absolute Gasteiger partial charge is 0.276 e. The first-order valence-corrected chi connectivity index (χ1v) is 6.89. The Labute approximate surface area is 132 Å². The highest BCUT2D eigenvalue weighted by molar-refractivity contribution is 5.86. The summed E-state index contributed by atoms with van der Waals surface area (Å²) in [4.78, 5) is 22.2. The molecule has 1 aliphatic rings. The van der Waals surface area contributed by atoms with Gasteiger partial charge in [-0.3, -0.25) is 14.9 Å². The molecular formula is C17H13NO5. The van der Waals surface area contributed by atoms with Gasteiger partial charge in [-0.25, -0.2) is 0 Å². The van der Waals surface area contributed by atoms with Gasteiger partial charge in [0.05, 0.1) is 17.6 Å². The van der Waals surface area contributed by atoms with Gasteiger partial charge in [0.15, 0.2) is 6.10 Å². The van der Waals surface area contributed by atoms with Crippen molar-refractivity contribution in [3.63, 3.8) is 0 Å². The van der Waals surface area contributed by atoms with E-state index in [0.717, 1.165) is 0 Å². The molecule has 23 heavy (non-hydrogen) atoms. The summed E-state index contributed by atoms with van der Waals surface area (Å²) in [6.45, 7) is 0. The molecule has 0 fully saturated rings. The van der Waals surface area contributed by atoms with Crippen LogP contribution in [0.3, 0.4) is 0 Å². The van der Waals surface area contributed by atoms with Crippen molar-refractivity contribution >= 4 is 18.0 Å². The highest BCUT2D eigenvalue weighted by Crippen LogP contribution is 2.40. The minimum absolute atomic E-state index is 0.0813. The Balaban J connectivity index is 2.10. The molecule has 0 unspecified atom stereocenters. The van der Waals surface area contributed by atoms with Crippen LogP contribution < -0.4 is 9.47 Å². The number of aldehydes is 1. The van der Waals surface area contributed by atoms with Gasteiger partial charge in [0.1, 0.15) is 17.8 Å². The van der Waals surface area contributed by atoms with Crippen molar-refractivity contribution in [3.05, 3.63) is 69.3 Å². The quantitative estimate of drug-likeness (QED) is 0.491. The Kier molecular flexibility index (Phi) is 3.80. The summed E-state index contributed by atoms with van der Waals surface area (Å²) in [7, 11) is 1.55. The van der Waals surface area contributed by atoms with Crippen LogP contribution in [0, 0.1) is 10.1 Å². The molecule has 0 aromatic heterocycles. The number of carbonyl (C=O) groups is 1. The molecule has 6 nitrogen and oxygen atoms in total. The lowest BCUT2D eigenvalue weighted by Crippen LogP contribution is -2.17. The number of methoxy groups -OCH3 is 1. The van der Waals surface area contributed by atoms with Crippen LogP contribution in [0.25, 0.3) is 6.08 Å². The number of nitrogens with zero attached hydrogens (tertiary/aromatic N) is 1. The van der Waals surface area contributed by atoms with Crippen LogP contribution >= 0.6 is 0 Å². The maximum absolute atomic E-state index is 11.4. The molecule has 116 valence electrons. The molecule has 2 aromatic rings. The van der Waals surface area contributed by atoms with Gasteiger partial charge in [-0.05, 0) is 30.3 Å². The van der Waals surface area contributed by atoms with E-state index in [1.165, 1.54) is 6.07 Å². The normalized spacial score (nSPS) is 15.9. The number of para-hydroxylation sites is 1. The first kappa shape index (κ1) is 14.8. The van der Waals surface area contributed by atoms with E-state index in [9.17, 15) is 14.9 Å². The lowest BCUT2D eigenvalue weighted by Gasteiger charge is -2.25. The van der Waals surface area contributed by atoms with Crippen LogP contribution in [0.15, 0.2) is 48.0 Å². The monoisotopic (exact) mass is 311 g/mol. The van der Waals surface area contributed by atoms with Crippen molar-refractivity contribution in [2.45, 2.75) is 6.10 Å². The maximum Gasteiger partial charge on any atom is 0.276 e. The fourth-order valence-corrected chi connectivity index (χ4v) is 2.54. The van der Waals surface area contributed by atoms with Crippen LogP contribution in [0.2, 0.25) is 0 Å². The van der Waals surface area contributed by atoms with Crippen LogP contribution in [0.1, 0.15) is 17.2 Å². The number of benzene rings is 2. The minimum atomic E-state index is -0.810. The standard InChI is InChI=1S/C17H13NO5/c1-22-13-6-7-16-11(9-13)8-12(10-19)17(23-16)14-4-2-3-5-15(14)18(20)21/h2-10,17H,1H3/t17-/m0/s1. The van der Waals surface area contributed by atoms with Crippen LogP contribution in [-0.4, -0.2) is 18.3 Å². The fourth-order valence-electron chi connectivity index (χ4n) is 2.54. The van der Waals surface area contributed by atoms with Gasteiger partial charge < -0.3 is 9.47 Å². The lowest BCUT2D eigenvalue weighted by atomic mass is 9.96. The average Bonchev–Trinajstić information content (AvgIpc) is 2.59. The zero-order valence-corrected chi connectivity index (χ0v) is 12.3. The molecule has 0 saturated carbocycles. The first-order chi connectivity index (χ1) is 11.1. The van der Waals surface area contributed by atoms with Gasteiger partial charge in [-0.15, -0.1) is 0 Å². The topological polar surface area (TPSA) is 78.7 Å². The van der Waals surface area contributed by atoms with Gasteiger partial charge >= 0.3 is 0 Å². The summed E-state index contributed by atoms with van der Waals surface area (Å²) in [6.07, 6.45) is 1.51. The number of fused-ring (bicyclic) bond motifs is 1. The summed E-state index contributed by atoms with van der Waals surface area (Å²) in [5, 5.41) is 11.2. The second-order valence-corrected chi connectivity index (χ2v) is 4.98. The predicted octanol–water partition coefficient (Wildman–Crippen LogP) is 3.32. The third-order valence-corrected chi connectivity index (χ3v) is 3.64. The molecule has 0 bridgehead atoms. The number of hydrogen-bond acceptors (Lipinski definition) is 5. The summed E-state index contributed by atoms with van der Waals surface area (Å²) in [5.41, 5.74) is 1.28. The summed E-state index contributed by atoms with van der Waals surface area (Å²) < 4.78 is 11.0. The van der Waals surface area contributed by atoms with Gasteiger partial charge in [-0.2, -0.15) is 0 Å². The number of rotatable bonds is 4. The largest absolute Gasteiger partial charge is 0.497 e. The van der Waals surface area contributed by atoms with E-state index in [4.69, 9.17) is 9.47 Å². The maximum atomic E-state index is 11.4. The first-order valence-electron chi connectivity index (χ1n) is 6.89. The van der Waals surface area contributed by atoms with Gasteiger partial charge in [-0.1, -0.05) is 12.1 Å². The molecule has 0 spiro atoms. The van der Waals surface area contributed by atoms with E-state index in [1.807, 2.05) is 0 Å². The Morgan fingerprint density at radius 2 is 2.04 bits per heavy atom. The minimum Gasteiger partial charge on any atom is -0.497 e. The molecule has 1 aliphatic heterocycles. The van der Waals surface area contributed by atoms with Crippen molar-refractivity contribution in [1.82, 2.24) is 0 Å². The predicted molar refractivity (Wildman–Crippen MR) is 83.5 cm³/mol. The average molecular weight is 311 g/mol. The van der Waals surface area contributed by atoms with Gasteiger partial charge in [0.25, 0.3) is 5.69 Å². The SMILES string of the molecule is COc1ccc2c(c1)C=C(C=O)[C@@H](c1ccccc1[N+](=O)[O-])O2. The number of nitro benzene ring substituents is 1. The van der Waals surface area contributed by atoms with Crippen molar-refractivity contribution in [2.24, 2.45) is 0 Å². The summed E-state index contributed by atoms with van der Waals surface area (Å²) >= 11 is 0. The van der Waals surface area contributed by atoms with Crippen molar-refractivity contribution < 1.29 is 19.2 Å². The molecule has 0 N–H and O–H groups in total. The molecule has 0 aliphatic carbocycles. The fraction of sp³-hybridized carbons (Fsp3) is 0.118. The van der Waals surface area contributed by atoms with Crippen LogP contribution in [-0.2, 0) is 4.79 Å². The highest BCUT2D eigenvalue weighted by Gasteiger charge is 2.30. The van der Waals surface area contributed by atoms with Crippen molar-refractivity contribution in [2.75, 3.05) is 7.11 Å². The third kappa shape index (κ3) is 2.66. The number of carbonyl (C=O) groups excluding carboxylic acids is 1. The molecule has 1 atom stereocenters.